The monoisotopic (exact) mass is 371 g/mol. The summed E-state index contributed by atoms with van der Waals surface area (Å²) < 4.78 is 78.2. The summed E-state index contributed by atoms with van der Waals surface area (Å²) in [5.74, 6) is 0. The van der Waals surface area contributed by atoms with Crippen molar-refractivity contribution < 1.29 is 30.8 Å². The largest absolute Gasteiger partial charge is 0.419 e. The van der Waals surface area contributed by atoms with Gasteiger partial charge in [-0.05, 0) is 27.7 Å². The van der Waals surface area contributed by atoms with E-state index in [0.717, 1.165) is 18.5 Å². The first-order chi connectivity index (χ1) is 10.6. The van der Waals surface area contributed by atoms with Crippen molar-refractivity contribution in [3.05, 3.63) is 17.5 Å². The van der Waals surface area contributed by atoms with Crippen molar-refractivity contribution in [2.45, 2.75) is 50.4 Å². The van der Waals surface area contributed by atoms with Gasteiger partial charge in [-0.15, -0.1) is 0 Å². The van der Waals surface area contributed by atoms with E-state index in [-0.39, 0.29) is 0 Å². The number of aromatic nitrogens is 2. The lowest BCUT2D eigenvalue weighted by Crippen LogP contribution is -2.44. The highest BCUT2D eigenvalue weighted by molar-refractivity contribution is 8.07. The fraction of sp³-hybridized carbons (Fsp3) is 0.692. The van der Waals surface area contributed by atoms with Gasteiger partial charge in [-0.3, -0.25) is 4.68 Å². The fourth-order valence-corrected chi connectivity index (χ4v) is 3.89. The smallest absolute Gasteiger partial charge is 0.385 e. The van der Waals surface area contributed by atoms with Crippen LogP contribution in [0, 0.1) is 0 Å². The molecule has 0 saturated heterocycles. The first kappa shape index (κ1) is 18.7. The molecule has 2 rings (SSSR count). The van der Waals surface area contributed by atoms with E-state index in [1.807, 2.05) is 0 Å². The third kappa shape index (κ3) is 2.68. The molecule has 136 valence electrons. The van der Waals surface area contributed by atoms with Crippen molar-refractivity contribution in [1.29, 1.82) is 0 Å². The van der Waals surface area contributed by atoms with Gasteiger partial charge < -0.3 is 4.84 Å². The third-order valence-electron chi connectivity index (χ3n) is 3.85. The molecular formula is C13H17F4N3O3S. The molecule has 11 heteroatoms. The number of sulfone groups is 1. The Balaban J connectivity index is 2.60. The van der Waals surface area contributed by atoms with E-state index in [0.29, 0.717) is 6.20 Å². The minimum Gasteiger partial charge on any atom is -0.385 e. The Hall–Kier alpha value is -1.65. The maximum Gasteiger partial charge on any atom is 0.419 e. The zero-order valence-electron chi connectivity index (χ0n) is 13.6. The SMILES string of the molecule is Cn1cc(C(F)(F)F)c(C(C)(C)S(=O)(=O)C2=NOC(C)(C)C2F)n1. The Bertz CT molecular complexity index is 794. The van der Waals surface area contributed by atoms with Crippen molar-refractivity contribution in [1.82, 2.24) is 9.78 Å². The van der Waals surface area contributed by atoms with Crippen LogP contribution in [0.2, 0.25) is 0 Å². The Morgan fingerprint density at radius 2 is 1.83 bits per heavy atom. The molecule has 0 radical (unpaired) electrons. The first-order valence-corrected chi connectivity index (χ1v) is 8.37. The van der Waals surface area contributed by atoms with Crippen molar-refractivity contribution in [3.63, 3.8) is 0 Å². The molecule has 1 aliphatic heterocycles. The number of nitrogens with zero attached hydrogens (tertiary/aromatic N) is 3. The highest BCUT2D eigenvalue weighted by Gasteiger charge is 2.55. The van der Waals surface area contributed by atoms with E-state index in [2.05, 4.69) is 10.3 Å². The molecule has 2 heterocycles. The molecule has 1 atom stereocenters. The Kier molecular flexibility index (Phi) is 4.03. The lowest BCUT2D eigenvalue weighted by atomic mass is 10.0. The van der Waals surface area contributed by atoms with Crippen LogP contribution in [0.4, 0.5) is 17.6 Å². The summed E-state index contributed by atoms with van der Waals surface area (Å²) in [7, 11) is -3.37. The number of rotatable bonds is 2. The Morgan fingerprint density at radius 1 is 1.29 bits per heavy atom. The molecule has 0 bridgehead atoms. The highest BCUT2D eigenvalue weighted by atomic mass is 32.2. The molecule has 0 aliphatic carbocycles. The maximum atomic E-state index is 14.4. The van der Waals surface area contributed by atoms with Gasteiger partial charge in [0.1, 0.15) is 4.75 Å². The van der Waals surface area contributed by atoms with Crippen LogP contribution in [0.1, 0.15) is 39.0 Å². The molecule has 24 heavy (non-hydrogen) atoms. The summed E-state index contributed by atoms with van der Waals surface area (Å²) in [5, 5.41) is 5.98. The van der Waals surface area contributed by atoms with E-state index >= 15 is 0 Å². The van der Waals surface area contributed by atoms with Crippen LogP contribution < -0.4 is 0 Å². The van der Waals surface area contributed by atoms with Crippen LogP contribution in [-0.4, -0.2) is 35.0 Å². The molecule has 0 fully saturated rings. The van der Waals surface area contributed by atoms with Gasteiger partial charge in [0.15, 0.2) is 11.8 Å². The highest BCUT2D eigenvalue weighted by Crippen LogP contribution is 2.42. The Morgan fingerprint density at radius 3 is 2.25 bits per heavy atom. The zero-order chi connectivity index (χ0) is 18.7. The minimum atomic E-state index is -4.81. The van der Waals surface area contributed by atoms with Crippen molar-refractivity contribution in [2.24, 2.45) is 12.2 Å². The van der Waals surface area contributed by atoms with Crippen molar-refractivity contribution in [2.75, 3.05) is 0 Å². The molecule has 6 nitrogen and oxygen atoms in total. The quantitative estimate of drug-likeness (QED) is 0.749. The third-order valence-corrected chi connectivity index (χ3v) is 6.22. The van der Waals surface area contributed by atoms with Crippen LogP contribution in [0.25, 0.3) is 0 Å². The van der Waals surface area contributed by atoms with E-state index in [1.54, 1.807) is 0 Å². The van der Waals surface area contributed by atoms with Gasteiger partial charge in [0.25, 0.3) is 0 Å². The van der Waals surface area contributed by atoms with Gasteiger partial charge >= 0.3 is 6.18 Å². The fourth-order valence-electron chi connectivity index (χ4n) is 2.27. The lowest BCUT2D eigenvalue weighted by molar-refractivity contribution is -0.138. The molecular weight excluding hydrogens is 354 g/mol. The molecule has 0 aromatic carbocycles. The summed E-state index contributed by atoms with van der Waals surface area (Å²) in [6.45, 7) is 4.64. The molecule has 1 aromatic heterocycles. The summed E-state index contributed by atoms with van der Waals surface area (Å²) in [5.41, 5.74) is -3.44. The van der Waals surface area contributed by atoms with E-state index in [9.17, 15) is 26.0 Å². The lowest BCUT2D eigenvalue weighted by Gasteiger charge is -2.25. The first-order valence-electron chi connectivity index (χ1n) is 6.88. The second-order valence-electron chi connectivity index (χ2n) is 6.56. The molecule has 0 spiro atoms. The van der Waals surface area contributed by atoms with E-state index in [4.69, 9.17) is 4.84 Å². The van der Waals surface area contributed by atoms with Crippen LogP contribution in [0.3, 0.4) is 0 Å². The topological polar surface area (TPSA) is 73.5 Å². The molecule has 1 aliphatic rings. The summed E-state index contributed by atoms with van der Waals surface area (Å²) in [6.07, 6.45) is -6.23. The summed E-state index contributed by atoms with van der Waals surface area (Å²) >= 11 is 0. The van der Waals surface area contributed by atoms with Crippen LogP contribution in [0.5, 0.6) is 0 Å². The standard InChI is InChI=1S/C13H17F4N3O3S/c1-11(2)8(14)10(19-23-11)24(21,22)12(3,4)9-7(13(15,16)17)6-20(5)18-9/h6,8H,1-5H3. The van der Waals surface area contributed by atoms with Gasteiger partial charge in [0.05, 0.1) is 11.3 Å². The Labute approximate surface area is 136 Å². The van der Waals surface area contributed by atoms with Crippen LogP contribution >= 0.6 is 0 Å². The average molecular weight is 371 g/mol. The number of oxime groups is 1. The van der Waals surface area contributed by atoms with Gasteiger partial charge in [0.2, 0.25) is 14.9 Å². The molecule has 0 saturated carbocycles. The van der Waals surface area contributed by atoms with E-state index < -0.39 is 48.8 Å². The molecule has 0 amide bonds. The van der Waals surface area contributed by atoms with Gasteiger partial charge in [-0.2, -0.15) is 18.3 Å². The van der Waals surface area contributed by atoms with E-state index in [1.165, 1.54) is 20.9 Å². The summed E-state index contributed by atoms with van der Waals surface area (Å²) in [6, 6.07) is 0. The van der Waals surface area contributed by atoms with Crippen LogP contribution in [0.15, 0.2) is 11.4 Å². The number of aryl methyl sites for hydroxylation is 1. The maximum absolute atomic E-state index is 14.4. The van der Waals surface area contributed by atoms with Gasteiger partial charge in [-0.1, -0.05) is 5.16 Å². The number of halogens is 4. The molecule has 1 aromatic rings. The second kappa shape index (κ2) is 5.17. The molecule has 0 N–H and O–H groups in total. The van der Waals surface area contributed by atoms with Crippen molar-refractivity contribution >= 4 is 14.9 Å². The predicted octanol–water partition coefficient (Wildman–Crippen LogP) is 2.55. The summed E-state index contributed by atoms with van der Waals surface area (Å²) in [4.78, 5) is 4.77. The minimum absolute atomic E-state index is 0.677. The molecule has 1 unspecified atom stereocenters. The normalized spacial score (nSPS) is 21.5. The predicted molar refractivity (Wildman–Crippen MR) is 77.7 cm³/mol. The van der Waals surface area contributed by atoms with Crippen molar-refractivity contribution in [3.8, 4) is 0 Å². The number of hydrogen-bond donors (Lipinski definition) is 0. The van der Waals surface area contributed by atoms with Gasteiger partial charge in [0, 0.05) is 13.2 Å². The number of hydrogen-bond acceptors (Lipinski definition) is 5. The zero-order valence-corrected chi connectivity index (χ0v) is 14.5. The number of alkyl halides is 4. The van der Waals surface area contributed by atoms with Crippen LogP contribution in [-0.2, 0) is 32.6 Å². The average Bonchev–Trinajstić information content (AvgIpc) is 2.91. The van der Waals surface area contributed by atoms with Gasteiger partial charge in [-0.25, -0.2) is 12.8 Å². The second-order valence-corrected chi connectivity index (χ2v) is 9.01.